The Morgan fingerprint density at radius 1 is 1.11 bits per heavy atom. The van der Waals surface area contributed by atoms with E-state index in [1.165, 1.54) is 10.9 Å². The van der Waals surface area contributed by atoms with E-state index in [-0.39, 0.29) is 24.4 Å². The van der Waals surface area contributed by atoms with Crippen LogP contribution in [0.5, 0.6) is 0 Å². The number of aromatic nitrogens is 1. The average Bonchev–Trinajstić information content (AvgIpc) is 3.10. The molecule has 28 heavy (non-hydrogen) atoms. The van der Waals surface area contributed by atoms with Gasteiger partial charge in [-0.25, -0.2) is 4.98 Å². The Labute approximate surface area is 178 Å². The number of fused-ring (bicyclic) bond motifs is 1. The van der Waals surface area contributed by atoms with Crippen molar-refractivity contribution < 1.29 is 9.21 Å². The number of rotatable bonds is 4. The van der Waals surface area contributed by atoms with Crippen LogP contribution in [0.4, 0.5) is 5.82 Å². The minimum Gasteiger partial charge on any atom is -0.444 e. The number of aryl methyl sites for hydroxylation is 1. The molecule has 5 nitrogen and oxygen atoms in total. The molecule has 4 rings (SSSR count). The number of amides is 1. The monoisotopic (exact) mass is 463 g/mol. The number of furan rings is 1. The van der Waals surface area contributed by atoms with Gasteiger partial charge < -0.3 is 15.1 Å². The summed E-state index contributed by atoms with van der Waals surface area (Å²) in [6, 6.07) is 14.3. The van der Waals surface area contributed by atoms with Gasteiger partial charge in [0.2, 0.25) is 0 Å². The molecule has 1 aliphatic rings. The molecule has 1 amide bonds. The van der Waals surface area contributed by atoms with Gasteiger partial charge in [0.25, 0.3) is 5.91 Å². The summed E-state index contributed by atoms with van der Waals surface area (Å²) < 4.78 is 5.89. The van der Waals surface area contributed by atoms with Gasteiger partial charge in [-0.05, 0) is 78.4 Å². The van der Waals surface area contributed by atoms with Crippen LogP contribution in [0.25, 0.3) is 10.9 Å². The summed E-state index contributed by atoms with van der Waals surface area (Å²) >= 11 is 3.22. The highest BCUT2D eigenvalue weighted by Crippen LogP contribution is 2.25. The molecule has 1 saturated carbocycles. The van der Waals surface area contributed by atoms with Crippen molar-refractivity contribution in [2.45, 2.75) is 44.7 Å². The Hall–Kier alpha value is -2.05. The lowest BCUT2D eigenvalue weighted by molar-refractivity contribution is 0.0897. The van der Waals surface area contributed by atoms with E-state index < -0.39 is 0 Å². The van der Waals surface area contributed by atoms with Crippen LogP contribution in [0, 0.1) is 6.92 Å². The van der Waals surface area contributed by atoms with Crippen LogP contribution in [0.3, 0.4) is 0 Å². The highest BCUT2D eigenvalue weighted by molar-refractivity contribution is 9.10. The molecule has 148 valence electrons. The topological polar surface area (TPSA) is 67.2 Å². The second kappa shape index (κ2) is 8.97. The largest absolute Gasteiger partial charge is 0.444 e. The molecule has 2 aromatic heterocycles. The second-order valence-electron chi connectivity index (χ2n) is 7.11. The molecule has 0 radical (unpaired) electrons. The molecule has 0 aliphatic heterocycles. The van der Waals surface area contributed by atoms with Crippen molar-refractivity contribution in [3.8, 4) is 0 Å². The molecule has 0 saturated heterocycles. The van der Waals surface area contributed by atoms with Gasteiger partial charge in [0, 0.05) is 17.5 Å². The maximum absolute atomic E-state index is 12.2. The first kappa shape index (κ1) is 20.7. The minimum absolute atomic E-state index is 0. The molecule has 1 aliphatic carbocycles. The standard InChI is InChI=1S/C21H22BrN3O2.ClH/c1-13-12-20(25-17-5-3-2-4-16(13)17)23-14-6-8-15(9-7-14)24-21(26)18-10-11-19(22)27-18;/h2-5,10-12,14-15H,6-9H2,1H3,(H,23,25)(H,24,26);1H. The predicted octanol–water partition coefficient (Wildman–Crippen LogP) is 5.47. The molecule has 1 fully saturated rings. The van der Waals surface area contributed by atoms with Crippen LogP contribution in [0.15, 0.2) is 51.6 Å². The number of para-hydroxylation sites is 1. The van der Waals surface area contributed by atoms with E-state index in [1.54, 1.807) is 12.1 Å². The Morgan fingerprint density at radius 2 is 1.82 bits per heavy atom. The SMILES string of the molecule is Cc1cc(NC2CCC(NC(=O)c3ccc(Br)o3)CC2)nc2ccccc12.Cl. The zero-order valence-electron chi connectivity index (χ0n) is 15.6. The Bertz CT molecular complexity index is 967. The number of nitrogens with one attached hydrogen (secondary N) is 2. The third-order valence-corrected chi connectivity index (χ3v) is 5.56. The van der Waals surface area contributed by atoms with Gasteiger partial charge in [-0.15, -0.1) is 12.4 Å². The quantitative estimate of drug-likeness (QED) is 0.537. The number of carbonyl (C=O) groups excluding carboxylic acids is 1. The minimum atomic E-state index is -0.149. The number of anilines is 1. The number of benzene rings is 1. The van der Waals surface area contributed by atoms with E-state index in [9.17, 15) is 4.79 Å². The van der Waals surface area contributed by atoms with Crippen LogP contribution >= 0.6 is 28.3 Å². The zero-order chi connectivity index (χ0) is 18.8. The molecule has 2 heterocycles. The third kappa shape index (κ3) is 4.67. The summed E-state index contributed by atoms with van der Waals surface area (Å²) in [5.41, 5.74) is 2.25. The highest BCUT2D eigenvalue weighted by atomic mass is 79.9. The summed E-state index contributed by atoms with van der Waals surface area (Å²) in [5, 5.41) is 7.84. The fourth-order valence-corrected chi connectivity index (χ4v) is 4.01. The first-order valence-electron chi connectivity index (χ1n) is 9.27. The van der Waals surface area contributed by atoms with E-state index in [0.717, 1.165) is 37.0 Å². The molecule has 7 heteroatoms. The molecule has 1 aromatic carbocycles. The number of nitrogens with zero attached hydrogens (tertiary/aromatic N) is 1. The summed E-state index contributed by atoms with van der Waals surface area (Å²) in [7, 11) is 0. The summed E-state index contributed by atoms with van der Waals surface area (Å²) in [5.74, 6) is 1.13. The number of carbonyl (C=O) groups is 1. The van der Waals surface area contributed by atoms with Gasteiger partial charge in [-0.3, -0.25) is 4.79 Å². The van der Waals surface area contributed by atoms with Crippen LogP contribution in [0.1, 0.15) is 41.8 Å². The van der Waals surface area contributed by atoms with Gasteiger partial charge >= 0.3 is 0 Å². The lowest BCUT2D eigenvalue weighted by Crippen LogP contribution is -2.40. The van der Waals surface area contributed by atoms with Crippen molar-refractivity contribution in [3.05, 3.63) is 58.5 Å². The summed E-state index contributed by atoms with van der Waals surface area (Å²) in [6.07, 6.45) is 3.89. The molecular formula is C21H23BrClN3O2. The van der Waals surface area contributed by atoms with E-state index >= 15 is 0 Å². The summed E-state index contributed by atoms with van der Waals surface area (Å²) in [4.78, 5) is 17.0. The van der Waals surface area contributed by atoms with Crippen LogP contribution < -0.4 is 10.6 Å². The van der Waals surface area contributed by atoms with Crippen molar-refractivity contribution >= 4 is 51.0 Å². The van der Waals surface area contributed by atoms with Crippen molar-refractivity contribution in [1.29, 1.82) is 0 Å². The maximum Gasteiger partial charge on any atom is 0.287 e. The number of halogens is 2. The van der Waals surface area contributed by atoms with Gasteiger partial charge in [0.05, 0.1) is 5.52 Å². The van der Waals surface area contributed by atoms with Crippen LogP contribution in [-0.2, 0) is 0 Å². The Morgan fingerprint density at radius 3 is 2.54 bits per heavy atom. The van der Waals surface area contributed by atoms with Crippen molar-refractivity contribution in [2.24, 2.45) is 0 Å². The van der Waals surface area contributed by atoms with E-state index in [2.05, 4.69) is 45.6 Å². The lowest BCUT2D eigenvalue weighted by Gasteiger charge is -2.30. The molecule has 0 unspecified atom stereocenters. The van der Waals surface area contributed by atoms with Gasteiger partial charge in [0.15, 0.2) is 10.4 Å². The fraction of sp³-hybridized carbons (Fsp3) is 0.333. The highest BCUT2D eigenvalue weighted by Gasteiger charge is 2.24. The van der Waals surface area contributed by atoms with E-state index in [4.69, 9.17) is 9.40 Å². The second-order valence-corrected chi connectivity index (χ2v) is 7.89. The molecule has 3 aromatic rings. The molecule has 0 bridgehead atoms. The van der Waals surface area contributed by atoms with E-state index in [0.29, 0.717) is 16.5 Å². The molecular weight excluding hydrogens is 442 g/mol. The van der Waals surface area contributed by atoms with E-state index in [1.807, 2.05) is 18.2 Å². The lowest BCUT2D eigenvalue weighted by atomic mass is 9.91. The first-order valence-corrected chi connectivity index (χ1v) is 10.1. The van der Waals surface area contributed by atoms with Crippen molar-refractivity contribution in [3.63, 3.8) is 0 Å². The average molecular weight is 465 g/mol. The van der Waals surface area contributed by atoms with Gasteiger partial charge in [-0.1, -0.05) is 18.2 Å². The number of hydrogen-bond acceptors (Lipinski definition) is 4. The van der Waals surface area contributed by atoms with Crippen molar-refractivity contribution in [1.82, 2.24) is 10.3 Å². The summed E-state index contributed by atoms with van der Waals surface area (Å²) in [6.45, 7) is 2.12. The molecule has 0 spiro atoms. The van der Waals surface area contributed by atoms with Gasteiger partial charge in [-0.2, -0.15) is 0 Å². The normalized spacial score (nSPS) is 19.1. The predicted molar refractivity (Wildman–Crippen MR) is 117 cm³/mol. The number of pyridine rings is 1. The Kier molecular flexibility index (Phi) is 6.62. The molecule has 0 atom stereocenters. The van der Waals surface area contributed by atoms with Gasteiger partial charge in [0.1, 0.15) is 5.82 Å². The first-order chi connectivity index (χ1) is 13.1. The van der Waals surface area contributed by atoms with Crippen LogP contribution in [-0.4, -0.2) is 23.0 Å². The number of hydrogen-bond donors (Lipinski definition) is 2. The van der Waals surface area contributed by atoms with Crippen LogP contribution in [0.2, 0.25) is 0 Å². The maximum atomic E-state index is 12.2. The fourth-order valence-electron chi connectivity index (χ4n) is 3.71. The van der Waals surface area contributed by atoms with Crippen molar-refractivity contribution in [2.75, 3.05) is 5.32 Å². The molecule has 2 N–H and O–H groups in total. The Balaban J connectivity index is 0.00000225. The third-order valence-electron chi connectivity index (χ3n) is 5.13. The zero-order valence-corrected chi connectivity index (χ0v) is 18.0. The smallest absolute Gasteiger partial charge is 0.287 e.